The van der Waals surface area contributed by atoms with Crippen LogP contribution in [0.3, 0.4) is 0 Å². The SMILES string of the molecule is CC[C@H](C)OC(=O)[C@H](CC(=O)O)NC(=O)C(F)(F)F. The Kier molecular flexibility index (Phi) is 6.30. The van der Waals surface area contributed by atoms with Crippen molar-refractivity contribution in [1.82, 2.24) is 5.32 Å². The topological polar surface area (TPSA) is 92.7 Å². The van der Waals surface area contributed by atoms with E-state index in [4.69, 9.17) is 9.84 Å². The Morgan fingerprint density at radius 2 is 1.84 bits per heavy atom. The number of carboxylic acid groups (broad SMARTS) is 1. The van der Waals surface area contributed by atoms with Crippen LogP contribution < -0.4 is 5.32 Å². The quantitative estimate of drug-likeness (QED) is 0.706. The van der Waals surface area contributed by atoms with Gasteiger partial charge in [0.1, 0.15) is 6.04 Å². The first-order chi connectivity index (χ1) is 8.57. The Labute approximate surface area is 106 Å². The maximum Gasteiger partial charge on any atom is 0.471 e. The minimum Gasteiger partial charge on any atom is -0.481 e. The summed E-state index contributed by atoms with van der Waals surface area (Å²) in [5.74, 6) is -5.14. The third-order valence-corrected chi connectivity index (χ3v) is 2.12. The molecule has 1 amide bonds. The van der Waals surface area contributed by atoms with E-state index in [-0.39, 0.29) is 0 Å². The molecule has 0 unspecified atom stereocenters. The molecule has 6 nitrogen and oxygen atoms in total. The number of esters is 1. The number of aliphatic carboxylic acids is 1. The van der Waals surface area contributed by atoms with Crippen LogP contribution in [0.1, 0.15) is 26.7 Å². The van der Waals surface area contributed by atoms with Gasteiger partial charge in [0.2, 0.25) is 0 Å². The monoisotopic (exact) mass is 285 g/mol. The molecule has 9 heteroatoms. The van der Waals surface area contributed by atoms with E-state index in [1.165, 1.54) is 12.2 Å². The standard InChI is InChI=1S/C10H14F3NO5/c1-3-5(2)19-8(17)6(4-7(15)16)14-9(18)10(11,12)13/h5-6H,3-4H2,1-2H3,(H,14,18)(H,15,16)/t5-,6-/m0/s1. The van der Waals surface area contributed by atoms with E-state index in [9.17, 15) is 27.6 Å². The van der Waals surface area contributed by atoms with E-state index in [1.807, 2.05) is 0 Å². The molecular weight excluding hydrogens is 271 g/mol. The van der Waals surface area contributed by atoms with Gasteiger partial charge in [-0.2, -0.15) is 13.2 Å². The van der Waals surface area contributed by atoms with Crippen molar-refractivity contribution in [2.45, 2.75) is 45.0 Å². The van der Waals surface area contributed by atoms with E-state index < -0.39 is 42.6 Å². The second-order valence-corrected chi connectivity index (χ2v) is 3.78. The van der Waals surface area contributed by atoms with Gasteiger partial charge in [0.05, 0.1) is 12.5 Å². The highest BCUT2D eigenvalue weighted by Crippen LogP contribution is 2.15. The number of hydrogen-bond acceptors (Lipinski definition) is 4. The molecule has 0 heterocycles. The van der Waals surface area contributed by atoms with Gasteiger partial charge >= 0.3 is 24.0 Å². The lowest BCUT2D eigenvalue weighted by Crippen LogP contribution is -2.48. The number of carbonyl (C=O) groups excluding carboxylic acids is 2. The average molecular weight is 285 g/mol. The number of amides is 1. The van der Waals surface area contributed by atoms with Crippen LogP contribution in [0.5, 0.6) is 0 Å². The number of rotatable bonds is 6. The summed E-state index contributed by atoms with van der Waals surface area (Å²) in [5.41, 5.74) is 0. The summed E-state index contributed by atoms with van der Waals surface area (Å²) >= 11 is 0. The highest BCUT2D eigenvalue weighted by Gasteiger charge is 2.41. The van der Waals surface area contributed by atoms with Gasteiger partial charge < -0.3 is 15.2 Å². The zero-order valence-corrected chi connectivity index (χ0v) is 10.3. The Balaban J connectivity index is 4.77. The zero-order valence-electron chi connectivity index (χ0n) is 10.3. The van der Waals surface area contributed by atoms with Crippen LogP contribution >= 0.6 is 0 Å². The third kappa shape index (κ3) is 6.63. The number of ether oxygens (including phenoxy) is 1. The van der Waals surface area contributed by atoms with Crippen molar-refractivity contribution < 1.29 is 37.4 Å². The lowest BCUT2D eigenvalue weighted by Gasteiger charge is -2.19. The van der Waals surface area contributed by atoms with Crippen molar-refractivity contribution >= 4 is 17.8 Å². The summed E-state index contributed by atoms with van der Waals surface area (Å²) in [7, 11) is 0. The van der Waals surface area contributed by atoms with Gasteiger partial charge in [-0.3, -0.25) is 9.59 Å². The lowest BCUT2D eigenvalue weighted by atomic mass is 10.2. The number of nitrogens with one attached hydrogen (secondary N) is 1. The van der Waals surface area contributed by atoms with Crippen LogP contribution in [0.4, 0.5) is 13.2 Å². The summed E-state index contributed by atoms with van der Waals surface area (Å²) < 4.78 is 40.8. The Hall–Kier alpha value is -1.80. The molecule has 19 heavy (non-hydrogen) atoms. The number of alkyl halides is 3. The fourth-order valence-electron chi connectivity index (χ4n) is 0.972. The Bertz CT molecular complexity index is 356. The average Bonchev–Trinajstić information content (AvgIpc) is 2.25. The number of carboxylic acids is 1. The molecule has 0 bridgehead atoms. The largest absolute Gasteiger partial charge is 0.481 e. The van der Waals surface area contributed by atoms with Gasteiger partial charge in [0.15, 0.2) is 0 Å². The summed E-state index contributed by atoms with van der Waals surface area (Å²) in [6, 6.07) is -1.87. The molecule has 0 saturated carbocycles. The predicted octanol–water partition coefficient (Wildman–Crippen LogP) is 0.850. The van der Waals surface area contributed by atoms with Crippen molar-refractivity contribution in [2.75, 3.05) is 0 Å². The number of carbonyl (C=O) groups is 3. The molecule has 110 valence electrons. The molecule has 0 aliphatic carbocycles. The predicted molar refractivity (Wildman–Crippen MR) is 56.1 cm³/mol. The maximum atomic E-state index is 12.0. The van der Waals surface area contributed by atoms with Crippen molar-refractivity contribution in [2.24, 2.45) is 0 Å². The van der Waals surface area contributed by atoms with Gasteiger partial charge in [-0.15, -0.1) is 0 Å². The van der Waals surface area contributed by atoms with Crippen molar-refractivity contribution in [1.29, 1.82) is 0 Å². The van der Waals surface area contributed by atoms with Gasteiger partial charge in [-0.05, 0) is 13.3 Å². The molecule has 0 radical (unpaired) electrons. The fourth-order valence-corrected chi connectivity index (χ4v) is 0.972. The zero-order chi connectivity index (χ0) is 15.2. The van der Waals surface area contributed by atoms with Gasteiger partial charge in [0, 0.05) is 0 Å². The molecule has 0 rings (SSSR count). The van der Waals surface area contributed by atoms with Crippen molar-refractivity contribution in [3.8, 4) is 0 Å². The van der Waals surface area contributed by atoms with Gasteiger partial charge in [-0.25, -0.2) is 4.79 Å². The highest BCUT2D eigenvalue weighted by atomic mass is 19.4. The van der Waals surface area contributed by atoms with Crippen LogP contribution in [-0.4, -0.2) is 41.3 Å². The normalized spacial score (nSPS) is 14.4. The third-order valence-electron chi connectivity index (χ3n) is 2.12. The molecule has 0 aliphatic heterocycles. The van der Waals surface area contributed by atoms with Crippen LogP contribution in [0.15, 0.2) is 0 Å². The number of halogens is 3. The van der Waals surface area contributed by atoms with E-state index in [0.29, 0.717) is 6.42 Å². The minimum absolute atomic E-state index is 0.402. The Morgan fingerprint density at radius 1 is 1.32 bits per heavy atom. The molecule has 0 aromatic rings. The molecule has 0 aromatic carbocycles. The van der Waals surface area contributed by atoms with E-state index in [2.05, 4.69) is 0 Å². The summed E-state index contributed by atoms with van der Waals surface area (Å²) in [5, 5.41) is 9.80. The van der Waals surface area contributed by atoms with Crippen molar-refractivity contribution in [3.63, 3.8) is 0 Å². The molecule has 2 atom stereocenters. The smallest absolute Gasteiger partial charge is 0.471 e. The van der Waals surface area contributed by atoms with E-state index in [1.54, 1.807) is 6.92 Å². The molecule has 0 aromatic heterocycles. The van der Waals surface area contributed by atoms with Crippen LogP contribution in [0.25, 0.3) is 0 Å². The first kappa shape index (κ1) is 17.2. The lowest BCUT2D eigenvalue weighted by molar-refractivity contribution is -0.176. The molecule has 0 saturated heterocycles. The first-order valence-corrected chi connectivity index (χ1v) is 5.37. The fraction of sp³-hybridized carbons (Fsp3) is 0.700. The van der Waals surface area contributed by atoms with Crippen molar-refractivity contribution in [3.05, 3.63) is 0 Å². The second-order valence-electron chi connectivity index (χ2n) is 3.78. The molecule has 0 aliphatic rings. The molecule has 0 fully saturated rings. The number of hydrogen-bond donors (Lipinski definition) is 2. The minimum atomic E-state index is -5.20. The van der Waals surface area contributed by atoms with Gasteiger partial charge in [0.25, 0.3) is 0 Å². The maximum absolute atomic E-state index is 12.0. The van der Waals surface area contributed by atoms with Crippen LogP contribution in [0, 0.1) is 0 Å². The second kappa shape index (κ2) is 6.95. The first-order valence-electron chi connectivity index (χ1n) is 5.37. The molecule has 0 spiro atoms. The van der Waals surface area contributed by atoms with E-state index >= 15 is 0 Å². The molecule has 2 N–H and O–H groups in total. The van der Waals surface area contributed by atoms with Gasteiger partial charge in [-0.1, -0.05) is 6.92 Å². The van der Waals surface area contributed by atoms with Crippen LogP contribution in [-0.2, 0) is 19.1 Å². The Morgan fingerprint density at radius 3 is 2.21 bits per heavy atom. The molecular formula is C10H14F3NO5. The summed E-state index contributed by atoms with van der Waals surface area (Å²) in [6.45, 7) is 3.15. The summed E-state index contributed by atoms with van der Waals surface area (Å²) in [6.07, 6.45) is -6.38. The highest BCUT2D eigenvalue weighted by molar-refractivity contribution is 5.89. The van der Waals surface area contributed by atoms with Crippen LogP contribution in [0.2, 0.25) is 0 Å². The summed E-state index contributed by atoms with van der Waals surface area (Å²) in [4.78, 5) is 32.6. The van der Waals surface area contributed by atoms with E-state index in [0.717, 1.165) is 0 Å².